The summed E-state index contributed by atoms with van der Waals surface area (Å²) in [5.74, 6) is -0.558. The Morgan fingerprint density at radius 3 is 2.39 bits per heavy atom. The van der Waals surface area contributed by atoms with E-state index in [2.05, 4.69) is 4.98 Å². The first-order valence-corrected chi connectivity index (χ1v) is 5.30. The van der Waals surface area contributed by atoms with Crippen molar-refractivity contribution in [3.05, 3.63) is 46.8 Å². The molecule has 1 aliphatic carbocycles. The normalized spacial score (nSPS) is 13.2. The maximum absolute atomic E-state index is 12.2. The number of phenolic OH excluding ortho intramolecular Hbond substituents is 1. The van der Waals surface area contributed by atoms with E-state index in [1.54, 1.807) is 0 Å². The standard InChI is InChI=1S/C13H9NO4/c1-18-6-2-7-11(10(15)3-6)13(17)9-5-14-4-8(9)12(7)16/h2-5,14-15H,1H3. The number of hydrogen-bond acceptors (Lipinski definition) is 4. The number of hydrogen-bond donors (Lipinski definition) is 2. The molecule has 0 aliphatic heterocycles. The number of rotatable bonds is 1. The zero-order chi connectivity index (χ0) is 12.9. The number of aromatic hydroxyl groups is 1. The van der Waals surface area contributed by atoms with Gasteiger partial charge in [-0.05, 0) is 6.07 Å². The van der Waals surface area contributed by atoms with Crippen LogP contribution in [0.25, 0.3) is 0 Å². The lowest BCUT2D eigenvalue weighted by molar-refractivity contribution is 0.0977. The molecule has 0 fully saturated rings. The number of nitrogens with one attached hydrogen (secondary N) is 1. The van der Waals surface area contributed by atoms with Crippen LogP contribution in [0.3, 0.4) is 0 Å². The second-order valence-corrected chi connectivity index (χ2v) is 4.01. The first-order chi connectivity index (χ1) is 8.63. The first-order valence-electron chi connectivity index (χ1n) is 5.30. The van der Waals surface area contributed by atoms with Crippen molar-refractivity contribution < 1.29 is 19.4 Å². The van der Waals surface area contributed by atoms with Crippen LogP contribution in [0.5, 0.6) is 11.5 Å². The lowest BCUT2D eigenvalue weighted by atomic mass is 9.86. The van der Waals surface area contributed by atoms with E-state index in [9.17, 15) is 14.7 Å². The van der Waals surface area contributed by atoms with E-state index in [1.165, 1.54) is 31.6 Å². The number of phenols is 1. The molecule has 0 saturated carbocycles. The number of fused-ring (bicyclic) bond motifs is 2. The molecular formula is C13H9NO4. The quantitative estimate of drug-likeness (QED) is 0.678. The summed E-state index contributed by atoms with van der Waals surface area (Å²) in [6.45, 7) is 0. The van der Waals surface area contributed by atoms with Gasteiger partial charge in [-0.1, -0.05) is 0 Å². The first kappa shape index (κ1) is 10.6. The molecule has 1 aromatic heterocycles. The van der Waals surface area contributed by atoms with Crippen molar-refractivity contribution in [1.29, 1.82) is 0 Å². The number of ether oxygens (including phenoxy) is 1. The van der Waals surface area contributed by atoms with Crippen LogP contribution in [-0.4, -0.2) is 28.8 Å². The summed E-state index contributed by atoms with van der Waals surface area (Å²) in [5, 5.41) is 9.86. The van der Waals surface area contributed by atoms with E-state index in [4.69, 9.17) is 4.74 Å². The molecule has 0 amide bonds. The maximum Gasteiger partial charge on any atom is 0.199 e. The van der Waals surface area contributed by atoms with Gasteiger partial charge in [-0.3, -0.25) is 9.59 Å². The molecule has 5 heteroatoms. The van der Waals surface area contributed by atoms with Gasteiger partial charge in [0.2, 0.25) is 0 Å². The second-order valence-electron chi connectivity index (χ2n) is 4.01. The highest BCUT2D eigenvalue weighted by Gasteiger charge is 2.33. The van der Waals surface area contributed by atoms with Gasteiger partial charge in [0, 0.05) is 24.0 Å². The highest BCUT2D eigenvalue weighted by atomic mass is 16.5. The van der Waals surface area contributed by atoms with Crippen molar-refractivity contribution in [3.8, 4) is 11.5 Å². The number of aromatic nitrogens is 1. The molecule has 90 valence electrons. The van der Waals surface area contributed by atoms with Crippen LogP contribution in [-0.2, 0) is 0 Å². The second kappa shape index (κ2) is 3.46. The smallest absolute Gasteiger partial charge is 0.199 e. The van der Waals surface area contributed by atoms with Gasteiger partial charge in [-0.2, -0.15) is 0 Å². The van der Waals surface area contributed by atoms with Gasteiger partial charge in [0.1, 0.15) is 11.5 Å². The minimum absolute atomic E-state index is 0.0351. The molecule has 2 N–H and O–H groups in total. The zero-order valence-electron chi connectivity index (χ0n) is 9.48. The van der Waals surface area contributed by atoms with Crippen LogP contribution in [0.1, 0.15) is 31.8 Å². The molecule has 1 aromatic carbocycles. The van der Waals surface area contributed by atoms with Gasteiger partial charge in [0.25, 0.3) is 0 Å². The predicted octanol–water partition coefficient (Wildman–Crippen LogP) is 1.50. The van der Waals surface area contributed by atoms with Crippen molar-refractivity contribution >= 4 is 11.6 Å². The summed E-state index contributed by atoms with van der Waals surface area (Å²) < 4.78 is 4.98. The monoisotopic (exact) mass is 243 g/mol. The largest absolute Gasteiger partial charge is 0.507 e. The molecule has 0 unspecified atom stereocenters. The molecule has 0 bridgehead atoms. The van der Waals surface area contributed by atoms with Crippen LogP contribution in [0.4, 0.5) is 0 Å². The van der Waals surface area contributed by atoms with Crippen molar-refractivity contribution in [1.82, 2.24) is 4.98 Å². The van der Waals surface area contributed by atoms with Crippen LogP contribution >= 0.6 is 0 Å². The van der Waals surface area contributed by atoms with Crippen LogP contribution < -0.4 is 4.74 Å². The Balaban J connectivity index is 2.33. The molecule has 1 heterocycles. The van der Waals surface area contributed by atoms with Gasteiger partial charge >= 0.3 is 0 Å². The summed E-state index contributed by atoms with van der Waals surface area (Å²) >= 11 is 0. The van der Waals surface area contributed by atoms with Gasteiger partial charge in [0.15, 0.2) is 11.6 Å². The minimum atomic E-state index is -0.360. The predicted molar refractivity (Wildman–Crippen MR) is 62.3 cm³/mol. The average molecular weight is 243 g/mol. The third kappa shape index (κ3) is 1.21. The molecule has 0 radical (unpaired) electrons. The van der Waals surface area contributed by atoms with Gasteiger partial charge in [-0.15, -0.1) is 0 Å². The Morgan fingerprint density at radius 2 is 1.72 bits per heavy atom. The van der Waals surface area contributed by atoms with Crippen molar-refractivity contribution in [2.45, 2.75) is 0 Å². The van der Waals surface area contributed by atoms with Gasteiger partial charge in [0.05, 0.1) is 23.8 Å². The number of carbonyl (C=O) groups is 2. The molecule has 0 atom stereocenters. The van der Waals surface area contributed by atoms with Crippen molar-refractivity contribution in [2.75, 3.05) is 7.11 Å². The topological polar surface area (TPSA) is 79.4 Å². The number of H-pyrrole nitrogens is 1. The lowest BCUT2D eigenvalue weighted by Crippen LogP contribution is -2.19. The summed E-state index contributed by atoms with van der Waals surface area (Å²) in [4.78, 5) is 27.1. The highest BCUT2D eigenvalue weighted by Crippen LogP contribution is 2.35. The summed E-state index contributed by atoms with van der Waals surface area (Å²) in [7, 11) is 1.43. The van der Waals surface area contributed by atoms with E-state index < -0.39 is 0 Å². The Kier molecular flexibility index (Phi) is 2.04. The summed E-state index contributed by atoms with van der Waals surface area (Å²) in [5.41, 5.74) is 0.810. The number of methoxy groups -OCH3 is 1. The van der Waals surface area contributed by atoms with E-state index in [1.807, 2.05) is 0 Å². The summed E-state index contributed by atoms with van der Waals surface area (Å²) in [6, 6.07) is 2.78. The van der Waals surface area contributed by atoms with Crippen LogP contribution in [0.2, 0.25) is 0 Å². The van der Waals surface area contributed by atoms with E-state index in [0.29, 0.717) is 11.3 Å². The Bertz CT molecular complexity index is 684. The molecule has 3 rings (SSSR count). The van der Waals surface area contributed by atoms with Crippen LogP contribution in [0.15, 0.2) is 24.5 Å². The fourth-order valence-electron chi connectivity index (χ4n) is 2.16. The third-order valence-corrected chi connectivity index (χ3v) is 3.03. The average Bonchev–Trinajstić information content (AvgIpc) is 2.84. The maximum atomic E-state index is 12.2. The van der Waals surface area contributed by atoms with Crippen molar-refractivity contribution in [3.63, 3.8) is 0 Å². The van der Waals surface area contributed by atoms with Gasteiger partial charge in [-0.25, -0.2) is 0 Å². The number of carbonyl (C=O) groups excluding carboxylic acids is 2. The van der Waals surface area contributed by atoms with E-state index in [-0.39, 0.29) is 34.0 Å². The fraction of sp³-hybridized carbons (Fsp3) is 0.0769. The van der Waals surface area contributed by atoms with E-state index >= 15 is 0 Å². The molecule has 0 spiro atoms. The number of benzene rings is 1. The molecule has 1 aliphatic rings. The Morgan fingerprint density at radius 1 is 1.06 bits per heavy atom. The minimum Gasteiger partial charge on any atom is -0.507 e. The third-order valence-electron chi connectivity index (χ3n) is 3.03. The SMILES string of the molecule is COc1cc(O)c2c(c1)C(=O)c1c[nH]cc1C2=O. The number of aromatic amines is 1. The van der Waals surface area contributed by atoms with Crippen LogP contribution in [0, 0.1) is 0 Å². The molecular weight excluding hydrogens is 234 g/mol. The fourth-order valence-corrected chi connectivity index (χ4v) is 2.16. The molecule has 18 heavy (non-hydrogen) atoms. The van der Waals surface area contributed by atoms with Gasteiger partial charge < -0.3 is 14.8 Å². The Hall–Kier alpha value is -2.56. The number of ketones is 2. The Labute approximate surface area is 102 Å². The van der Waals surface area contributed by atoms with Crippen molar-refractivity contribution in [2.24, 2.45) is 0 Å². The highest BCUT2D eigenvalue weighted by molar-refractivity contribution is 6.29. The molecule has 5 nitrogen and oxygen atoms in total. The lowest BCUT2D eigenvalue weighted by Gasteiger charge is -2.16. The molecule has 2 aromatic rings. The van der Waals surface area contributed by atoms with E-state index in [0.717, 1.165) is 0 Å². The zero-order valence-corrected chi connectivity index (χ0v) is 9.48. The molecule has 0 saturated heterocycles. The summed E-state index contributed by atoms with van der Waals surface area (Å²) in [6.07, 6.45) is 2.94.